The summed E-state index contributed by atoms with van der Waals surface area (Å²) < 4.78 is 14.4. The van der Waals surface area contributed by atoms with Crippen molar-refractivity contribution in [2.45, 2.75) is 33.7 Å². The molecule has 0 saturated carbocycles. The molecule has 0 saturated heterocycles. The maximum Gasteiger partial charge on any atom is 0.137 e. The van der Waals surface area contributed by atoms with Gasteiger partial charge in [-0.1, -0.05) is 25.1 Å². The third-order valence-corrected chi connectivity index (χ3v) is 4.52. The Bertz CT molecular complexity index is 652. The fraction of sp³-hybridized carbons (Fsp3) is 0.333. The molecule has 2 aromatic rings. The molecule has 2 aromatic carbocycles. The van der Waals surface area contributed by atoms with Crippen molar-refractivity contribution in [2.24, 2.45) is 0 Å². The highest BCUT2D eigenvalue weighted by atomic mass is 79.9. The van der Waals surface area contributed by atoms with Crippen LogP contribution in [0.15, 0.2) is 34.8 Å². The number of nitrogens with one attached hydrogen (secondary N) is 1. The Labute approximate surface area is 134 Å². The molecule has 0 amide bonds. The van der Waals surface area contributed by atoms with Crippen molar-refractivity contribution in [1.82, 2.24) is 5.32 Å². The molecule has 0 aliphatic heterocycles. The molecule has 0 bridgehead atoms. The summed E-state index contributed by atoms with van der Waals surface area (Å²) in [5.41, 5.74) is 5.93. The van der Waals surface area contributed by atoms with Gasteiger partial charge in [0.15, 0.2) is 0 Å². The maximum absolute atomic E-state index is 13.9. The molecule has 21 heavy (non-hydrogen) atoms. The van der Waals surface area contributed by atoms with Crippen molar-refractivity contribution in [3.8, 4) is 0 Å². The molecule has 1 N–H and O–H groups in total. The van der Waals surface area contributed by atoms with Crippen LogP contribution in [-0.4, -0.2) is 6.54 Å². The molecule has 0 aromatic heterocycles. The van der Waals surface area contributed by atoms with Crippen molar-refractivity contribution in [3.63, 3.8) is 0 Å². The van der Waals surface area contributed by atoms with Gasteiger partial charge in [-0.15, -0.1) is 0 Å². The van der Waals surface area contributed by atoms with Gasteiger partial charge >= 0.3 is 0 Å². The molecule has 0 aliphatic rings. The summed E-state index contributed by atoms with van der Waals surface area (Å²) in [6.45, 7) is 9.24. The normalized spacial score (nSPS) is 12.5. The zero-order valence-corrected chi connectivity index (χ0v) is 14.5. The van der Waals surface area contributed by atoms with Gasteiger partial charge in [-0.3, -0.25) is 0 Å². The minimum Gasteiger partial charge on any atom is -0.307 e. The lowest BCUT2D eigenvalue weighted by atomic mass is 9.91. The van der Waals surface area contributed by atoms with Gasteiger partial charge in [0.2, 0.25) is 0 Å². The van der Waals surface area contributed by atoms with Gasteiger partial charge < -0.3 is 5.32 Å². The Kier molecular flexibility index (Phi) is 5.17. The first-order chi connectivity index (χ1) is 9.93. The van der Waals surface area contributed by atoms with E-state index in [9.17, 15) is 4.39 Å². The van der Waals surface area contributed by atoms with Crippen LogP contribution in [0.2, 0.25) is 0 Å². The van der Waals surface area contributed by atoms with Crippen molar-refractivity contribution in [1.29, 1.82) is 0 Å². The highest BCUT2D eigenvalue weighted by molar-refractivity contribution is 9.10. The molecule has 0 aliphatic carbocycles. The van der Waals surface area contributed by atoms with Crippen LogP contribution in [0.3, 0.4) is 0 Å². The monoisotopic (exact) mass is 349 g/mol. The minimum atomic E-state index is -0.225. The van der Waals surface area contributed by atoms with Gasteiger partial charge in [-0.2, -0.15) is 0 Å². The lowest BCUT2D eigenvalue weighted by Gasteiger charge is -2.22. The SMILES string of the molecule is CCNC(c1ccc(Br)c(F)c1)c1cc(C)c(C)cc1C. The van der Waals surface area contributed by atoms with E-state index in [0.717, 1.165) is 12.1 Å². The minimum absolute atomic E-state index is 0.0110. The summed E-state index contributed by atoms with van der Waals surface area (Å²) in [5, 5.41) is 3.47. The molecule has 0 fully saturated rings. The quantitative estimate of drug-likeness (QED) is 0.798. The van der Waals surface area contributed by atoms with E-state index in [4.69, 9.17) is 0 Å². The molecule has 2 rings (SSSR count). The fourth-order valence-electron chi connectivity index (χ4n) is 2.60. The smallest absolute Gasteiger partial charge is 0.137 e. The van der Waals surface area contributed by atoms with Gasteiger partial charge in [0.25, 0.3) is 0 Å². The molecule has 1 unspecified atom stereocenters. The number of hydrogen-bond donors (Lipinski definition) is 1. The Morgan fingerprint density at radius 1 is 1.05 bits per heavy atom. The van der Waals surface area contributed by atoms with E-state index in [-0.39, 0.29) is 11.9 Å². The van der Waals surface area contributed by atoms with E-state index < -0.39 is 0 Å². The van der Waals surface area contributed by atoms with Gasteiger partial charge in [0.1, 0.15) is 5.82 Å². The molecule has 0 heterocycles. The molecule has 3 heteroatoms. The van der Waals surface area contributed by atoms with Crippen LogP contribution in [0, 0.1) is 26.6 Å². The van der Waals surface area contributed by atoms with Gasteiger partial charge in [0, 0.05) is 0 Å². The highest BCUT2D eigenvalue weighted by Gasteiger charge is 2.17. The molecule has 112 valence electrons. The molecular weight excluding hydrogens is 329 g/mol. The number of benzene rings is 2. The Hall–Kier alpha value is -1.19. The second-order valence-electron chi connectivity index (χ2n) is 5.46. The fourth-order valence-corrected chi connectivity index (χ4v) is 2.84. The largest absolute Gasteiger partial charge is 0.307 e. The van der Waals surface area contributed by atoms with Crippen LogP contribution < -0.4 is 5.32 Å². The summed E-state index contributed by atoms with van der Waals surface area (Å²) in [5.74, 6) is -0.225. The average molecular weight is 350 g/mol. The Morgan fingerprint density at radius 3 is 2.33 bits per heavy atom. The first kappa shape index (κ1) is 16.2. The summed E-state index contributed by atoms with van der Waals surface area (Å²) in [7, 11) is 0. The standard InChI is InChI=1S/C18H21BrFN/c1-5-21-18(14-6-7-16(19)17(20)10-14)15-9-12(3)11(2)8-13(15)4/h6-10,18,21H,5H2,1-4H3. The lowest BCUT2D eigenvalue weighted by Crippen LogP contribution is -2.23. The summed E-state index contributed by atoms with van der Waals surface area (Å²) >= 11 is 3.21. The third-order valence-electron chi connectivity index (χ3n) is 3.88. The number of aryl methyl sites for hydroxylation is 3. The van der Waals surface area contributed by atoms with Crippen LogP contribution in [0.4, 0.5) is 4.39 Å². The van der Waals surface area contributed by atoms with E-state index in [0.29, 0.717) is 4.47 Å². The van der Waals surface area contributed by atoms with E-state index in [1.165, 1.54) is 22.3 Å². The van der Waals surface area contributed by atoms with Crippen LogP contribution in [0.25, 0.3) is 0 Å². The zero-order chi connectivity index (χ0) is 15.6. The van der Waals surface area contributed by atoms with E-state index >= 15 is 0 Å². The lowest BCUT2D eigenvalue weighted by molar-refractivity contribution is 0.597. The number of rotatable bonds is 4. The molecule has 1 nitrogen and oxygen atoms in total. The maximum atomic E-state index is 13.9. The molecular formula is C18H21BrFN. The average Bonchev–Trinajstić information content (AvgIpc) is 2.44. The predicted octanol–water partition coefficient (Wildman–Crippen LogP) is 5.21. The first-order valence-electron chi connectivity index (χ1n) is 7.20. The van der Waals surface area contributed by atoms with Crippen LogP contribution in [0.1, 0.15) is 40.8 Å². The van der Waals surface area contributed by atoms with Crippen molar-refractivity contribution < 1.29 is 4.39 Å². The predicted molar refractivity (Wildman–Crippen MR) is 90.3 cm³/mol. The Morgan fingerprint density at radius 2 is 1.71 bits per heavy atom. The highest BCUT2D eigenvalue weighted by Crippen LogP contribution is 2.29. The van der Waals surface area contributed by atoms with Crippen LogP contribution in [0.5, 0.6) is 0 Å². The summed E-state index contributed by atoms with van der Waals surface area (Å²) in [4.78, 5) is 0. The Balaban J connectivity index is 2.52. The third kappa shape index (κ3) is 3.53. The van der Waals surface area contributed by atoms with Crippen molar-refractivity contribution >= 4 is 15.9 Å². The summed E-state index contributed by atoms with van der Waals surface area (Å²) in [6.07, 6.45) is 0. The van der Waals surface area contributed by atoms with Crippen LogP contribution in [-0.2, 0) is 0 Å². The molecule has 1 atom stereocenters. The second-order valence-corrected chi connectivity index (χ2v) is 6.31. The first-order valence-corrected chi connectivity index (χ1v) is 7.99. The second kappa shape index (κ2) is 6.71. The van der Waals surface area contributed by atoms with Crippen LogP contribution >= 0.6 is 15.9 Å². The number of halogens is 2. The van der Waals surface area contributed by atoms with E-state index in [1.54, 1.807) is 12.1 Å². The molecule has 0 radical (unpaired) electrons. The van der Waals surface area contributed by atoms with Crippen molar-refractivity contribution in [2.75, 3.05) is 6.54 Å². The van der Waals surface area contributed by atoms with Gasteiger partial charge in [-0.05, 0) is 83.2 Å². The van der Waals surface area contributed by atoms with Gasteiger partial charge in [-0.25, -0.2) is 4.39 Å². The topological polar surface area (TPSA) is 12.0 Å². The summed E-state index contributed by atoms with van der Waals surface area (Å²) in [6, 6.07) is 9.76. The zero-order valence-electron chi connectivity index (χ0n) is 12.9. The molecule has 0 spiro atoms. The van der Waals surface area contributed by atoms with Crippen molar-refractivity contribution in [3.05, 3.63) is 68.4 Å². The number of hydrogen-bond acceptors (Lipinski definition) is 1. The van der Waals surface area contributed by atoms with Gasteiger partial charge in [0.05, 0.1) is 10.5 Å². The van der Waals surface area contributed by atoms with E-state index in [1.807, 2.05) is 6.07 Å². The van der Waals surface area contributed by atoms with E-state index in [2.05, 4.69) is 61.1 Å².